The largest absolute Gasteiger partial charge is 0.397 e. The number of hydrogen-bond donors (Lipinski definition) is 3. The van der Waals surface area contributed by atoms with E-state index in [1.807, 2.05) is 26.2 Å². The molecule has 0 bridgehead atoms. The molecule has 31 heavy (non-hydrogen) atoms. The van der Waals surface area contributed by atoms with Crippen LogP contribution in [0.5, 0.6) is 0 Å². The van der Waals surface area contributed by atoms with Crippen LogP contribution in [0.2, 0.25) is 0 Å². The number of benzene rings is 2. The summed E-state index contributed by atoms with van der Waals surface area (Å²) in [6.45, 7) is 14.5. The summed E-state index contributed by atoms with van der Waals surface area (Å²) in [5, 5.41) is 9.08. The average molecular weight is 412 g/mol. The zero-order valence-electron chi connectivity index (χ0n) is 19.0. The Morgan fingerprint density at radius 1 is 1.10 bits per heavy atom. The highest BCUT2D eigenvalue weighted by Gasteiger charge is 2.27. The molecule has 3 heteroatoms. The Labute approximate surface area is 186 Å². The van der Waals surface area contributed by atoms with Crippen molar-refractivity contribution in [3.05, 3.63) is 108 Å². The van der Waals surface area contributed by atoms with Crippen LogP contribution in [-0.2, 0) is 0 Å². The van der Waals surface area contributed by atoms with Crippen molar-refractivity contribution in [2.75, 3.05) is 7.05 Å². The summed E-state index contributed by atoms with van der Waals surface area (Å²) < 4.78 is 0. The van der Waals surface area contributed by atoms with Crippen LogP contribution in [-0.4, -0.2) is 7.05 Å². The summed E-state index contributed by atoms with van der Waals surface area (Å²) >= 11 is 0. The molecular formula is C28H33N3. The molecule has 0 atom stereocenters. The topological polar surface area (TPSA) is 50.1 Å². The first-order valence-corrected chi connectivity index (χ1v) is 10.6. The van der Waals surface area contributed by atoms with Gasteiger partial charge in [-0.1, -0.05) is 69.5 Å². The first-order valence-electron chi connectivity index (χ1n) is 10.6. The molecule has 0 unspecified atom stereocenters. The van der Waals surface area contributed by atoms with Crippen molar-refractivity contribution in [2.45, 2.75) is 27.2 Å². The lowest BCUT2D eigenvalue weighted by molar-refractivity contribution is 0.435. The van der Waals surface area contributed by atoms with Crippen LogP contribution in [0.1, 0.15) is 38.3 Å². The molecule has 0 saturated heterocycles. The quantitative estimate of drug-likeness (QED) is 0.472. The molecule has 2 aromatic carbocycles. The lowest BCUT2D eigenvalue weighted by Gasteiger charge is -2.32. The molecule has 0 amide bonds. The third-order valence-corrected chi connectivity index (χ3v) is 5.86. The predicted molar refractivity (Wildman–Crippen MR) is 136 cm³/mol. The zero-order chi connectivity index (χ0) is 22.6. The van der Waals surface area contributed by atoms with E-state index in [1.54, 1.807) is 0 Å². The standard InChI is InChI=1S/C28H33N3/c1-7-19(3)25-14-13-22(17-28(25,4)5)31-18-26(29)23-15-20-11-9-10-12-21(20)16-24(23)27(8-2)30-6/h7-16,18,30-31H,1,3,17,29H2,2,4-6H3/b26-18-,27-8-. The minimum Gasteiger partial charge on any atom is -0.397 e. The summed E-state index contributed by atoms with van der Waals surface area (Å²) in [7, 11) is 1.93. The number of nitrogens with one attached hydrogen (secondary N) is 2. The lowest BCUT2D eigenvalue weighted by atomic mass is 9.74. The predicted octanol–water partition coefficient (Wildman–Crippen LogP) is 6.25. The van der Waals surface area contributed by atoms with Crippen LogP contribution >= 0.6 is 0 Å². The van der Waals surface area contributed by atoms with E-state index in [2.05, 4.69) is 92.3 Å². The Morgan fingerprint density at radius 3 is 2.29 bits per heavy atom. The Morgan fingerprint density at radius 2 is 1.74 bits per heavy atom. The molecule has 0 spiro atoms. The van der Waals surface area contributed by atoms with Crippen molar-refractivity contribution in [3.63, 3.8) is 0 Å². The molecule has 1 aliphatic rings. The van der Waals surface area contributed by atoms with Crippen LogP contribution < -0.4 is 16.4 Å². The van der Waals surface area contributed by atoms with E-state index in [9.17, 15) is 0 Å². The maximum Gasteiger partial charge on any atom is 0.0557 e. The van der Waals surface area contributed by atoms with Crippen LogP contribution in [0, 0.1) is 5.41 Å². The molecule has 3 rings (SSSR count). The first kappa shape index (κ1) is 22.2. The van der Waals surface area contributed by atoms with Crippen LogP contribution in [0.25, 0.3) is 22.2 Å². The Balaban J connectivity index is 1.97. The number of fused-ring (bicyclic) bond motifs is 1. The molecule has 0 aliphatic heterocycles. The summed E-state index contributed by atoms with van der Waals surface area (Å²) in [4.78, 5) is 0. The molecule has 0 saturated carbocycles. The molecule has 0 heterocycles. The van der Waals surface area contributed by atoms with Crippen molar-refractivity contribution >= 4 is 22.2 Å². The van der Waals surface area contributed by atoms with Gasteiger partial charge >= 0.3 is 0 Å². The third-order valence-electron chi connectivity index (χ3n) is 5.86. The van der Waals surface area contributed by atoms with Gasteiger partial charge in [-0.3, -0.25) is 0 Å². The molecule has 3 nitrogen and oxygen atoms in total. The smallest absolute Gasteiger partial charge is 0.0557 e. The molecule has 0 aromatic heterocycles. The van der Waals surface area contributed by atoms with Gasteiger partial charge in [-0.2, -0.15) is 0 Å². The maximum atomic E-state index is 6.59. The number of rotatable bonds is 7. The molecule has 4 N–H and O–H groups in total. The number of nitrogens with two attached hydrogens (primary N) is 1. The fraction of sp³-hybridized carbons (Fsp3) is 0.214. The monoisotopic (exact) mass is 411 g/mol. The lowest BCUT2D eigenvalue weighted by Crippen LogP contribution is -2.24. The van der Waals surface area contributed by atoms with E-state index in [1.165, 1.54) is 11.0 Å². The normalized spacial score (nSPS) is 16.4. The van der Waals surface area contributed by atoms with E-state index in [0.29, 0.717) is 5.70 Å². The van der Waals surface area contributed by atoms with Crippen LogP contribution in [0.4, 0.5) is 0 Å². The van der Waals surface area contributed by atoms with Gasteiger partial charge in [0, 0.05) is 35.8 Å². The van der Waals surface area contributed by atoms with Crippen molar-refractivity contribution in [1.82, 2.24) is 10.6 Å². The van der Waals surface area contributed by atoms with E-state index in [0.717, 1.165) is 39.9 Å². The van der Waals surface area contributed by atoms with Gasteiger partial charge < -0.3 is 16.4 Å². The maximum absolute atomic E-state index is 6.59. The van der Waals surface area contributed by atoms with Gasteiger partial charge in [0.1, 0.15) is 0 Å². The van der Waals surface area contributed by atoms with Crippen molar-refractivity contribution in [2.24, 2.45) is 11.1 Å². The van der Waals surface area contributed by atoms with Crippen LogP contribution in [0.15, 0.2) is 96.9 Å². The Bertz CT molecular complexity index is 1140. The second-order valence-electron chi connectivity index (χ2n) is 8.50. The second kappa shape index (κ2) is 9.13. The van der Waals surface area contributed by atoms with Gasteiger partial charge in [0.15, 0.2) is 0 Å². The molecule has 2 aromatic rings. The van der Waals surface area contributed by atoms with Gasteiger partial charge in [0.2, 0.25) is 0 Å². The van der Waals surface area contributed by atoms with Crippen molar-refractivity contribution in [3.8, 4) is 0 Å². The summed E-state index contributed by atoms with van der Waals surface area (Å²) in [6.07, 6.45) is 10.9. The molecule has 1 aliphatic carbocycles. The summed E-state index contributed by atoms with van der Waals surface area (Å²) in [5.74, 6) is 0. The van der Waals surface area contributed by atoms with Crippen molar-refractivity contribution in [1.29, 1.82) is 0 Å². The fourth-order valence-corrected chi connectivity index (χ4v) is 4.18. The van der Waals surface area contributed by atoms with Gasteiger partial charge in [-0.25, -0.2) is 0 Å². The number of allylic oxidation sites excluding steroid dienone is 7. The van der Waals surface area contributed by atoms with Crippen LogP contribution in [0.3, 0.4) is 0 Å². The summed E-state index contributed by atoms with van der Waals surface area (Å²) in [6, 6.07) is 12.7. The minimum atomic E-state index is -0.0245. The summed E-state index contributed by atoms with van der Waals surface area (Å²) in [5.41, 5.74) is 13.7. The highest BCUT2D eigenvalue weighted by atomic mass is 14.9. The zero-order valence-corrected chi connectivity index (χ0v) is 19.0. The molecule has 160 valence electrons. The highest BCUT2D eigenvalue weighted by molar-refractivity contribution is 5.91. The first-order chi connectivity index (χ1) is 14.8. The molecule has 0 fully saturated rings. The molecule has 0 radical (unpaired) electrons. The number of hydrogen-bond acceptors (Lipinski definition) is 3. The average Bonchev–Trinajstić information content (AvgIpc) is 2.76. The Kier molecular flexibility index (Phi) is 6.55. The third kappa shape index (κ3) is 4.66. The van der Waals surface area contributed by atoms with E-state index in [4.69, 9.17) is 5.73 Å². The van der Waals surface area contributed by atoms with E-state index >= 15 is 0 Å². The highest BCUT2D eigenvalue weighted by Crippen LogP contribution is 2.40. The van der Waals surface area contributed by atoms with Crippen molar-refractivity contribution < 1.29 is 0 Å². The van der Waals surface area contributed by atoms with E-state index in [-0.39, 0.29) is 5.41 Å². The molecular weight excluding hydrogens is 378 g/mol. The Hall–Kier alpha value is -3.46. The minimum absolute atomic E-state index is 0.0245. The second-order valence-corrected chi connectivity index (χ2v) is 8.50. The fourth-order valence-electron chi connectivity index (χ4n) is 4.18. The van der Waals surface area contributed by atoms with Gasteiger partial charge in [0.25, 0.3) is 0 Å². The van der Waals surface area contributed by atoms with E-state index < -0.39 is 0 Å². The van der Waals surface area contributed by atoms with Gasteiger partial charge in [-0.15, -0.1) is 0 Å². The van der Waals surface area contributed by atoms with Gasteiger partial charge in [-0.05, 0) is 58.9 Å². The SMILES string of the molecule is C=CC(=C)C1=CC=C(N/C=C(\N)c2cc3ccccc3cc2/C(=C/C)NC)CC1(C)C. The van der Waals surface area contributed by atoms with Gasteiger partial charge in [0.05, 0.1) is 5.70 Å².